The molecule has 2 aromatic rings. The van der Waals surface area contributed by atoms with Gasteiger partial charge in [0.1, 0.15) is 11.5 Å². The molecule has 1 unspecified atom stereocenters. The third-order valence-electron chi connectivity index (χ3n) is 3.32. The largest absolute Gasteiger partial charge is 0.494 e. The highest BCUT2D eigenvalue weighted by atomic mass is 31.2. The molecule has 1 heterocycles. The molecule has 0 bridgehead atoms. The van der Waals surface area contributed by atoms with E-state index in [1.54, 1.807) is 6.07 Å². The Morgan fingerprint density at radius 1 is 1.09 bits per heavy atom. The Hall–Kier alpha value is -2.13. The third kappa shape index (κ3) is 3.04. The smallest absolute Gasteiger partial charge is 0.444 e. The summed E-state index contributed by atoms with van der Waals surface area (Å²) in [5.41, 5.74) is 2.41. The van der Waals surface area contributed by atoms with Crippen molar-refractivity contribution >= 4 is 19.0 Å². The maximum atomic E-state index is 12.8. The fraction of sp³-hybridized carbons (Fsp3) is 0.250. The summed E-state index contributed by atoms with van der Waals surface area (Å²) in [6.07, 6.45) is 0.942. The van der Waals surface area contributed by atoms with Crippen molar-refractivity contribution < 1.29 is 13.8 Å². The minimum Gasteiger partial charge on any atom is -0.494 e. The molecular weight excluding hydrogens is 299 g/mol. The van der Waals surface area contributed by atoms with Crippen LogP contribution in [0.25, 0.3) is 0 Å². The van der Waals surface area contributed by atoms with Gasteiger partial charge in [0.05, 0.1) is 18.0 Å². The second kappa shape index (κ2) is 5.93. The lowest BCUT2D eigenvalue weighted by Crippen LogP contribution is -2.04. The first-order chi connectivity index (χ1) is 10.6. The molecule has 0 saturated heterocycles. The van der Waals surface area contributed by atoms with Crippen molar-refractivity contribution in [3.8, 4) is 11.5 Å². The highest BCUT2D eigenvalue weighted by molar-refractivity contribution is 7.63. The van der Waals surface area contributed by atoms with Crippen LogP contribution in [0.3, 0.4) is 0 Å². The molecule has 5 nitrogen and oxygen atoms in total. The van der Waals surface area contributed by atoms with E-state index in [0.717, 1.165) is 29.1 Å². The van der Waals surface area contributed by atoms with Gasteiger partial charge >= 0.3 is 7.67 Å². The van der Waals surface area contributed by atoms with Crippen molar-refractivity contribution in [3.05, 3.63) is 48.0 Å². The molecule has 116 valence electrons. The van der Waals surface area contributed by atoms with Crippen molar-refractivity contribution in [1.82, 2.24) is 0 Å². The van der Waals surface area contributed by atoms with E-state index in [4.69, 9.17) is 9.26 Å². The summed E-state index contributed by atoms with van der Waals surface area (Å²) in [6, 6.07) is 13.0. The highest BCUT2D eigenvalue weighted by Gasteiger charge is 2.33. The standard InChI is InChI=1S/C16H19N2O3P/c1-3-10-20-13-8-9-14-15(11-13)18-22(19,17-14)21-16-7-5-4-6-12(16)2/h4-9,11H,3,10H2,1-2H3,(H2,17,18,19). The number of hydrogen-bond donors (Lipinski definition) is 2. The molecule has 22 heavy (non-hydrogen) atoms. The first kappa shape index (κ1) is 14.8. The number of para-hydroxylation sites is 1. The number of anilines is 2. The van der Waals surface area contributed by atoms with E-state index >= 15 is 0 Å². The van der Waals surface area contributed by atoms with Gasteiger partial charge in [0.25, 0.3) is 0 Å². The minimum atomic E-state index is -3.20. The SMILES string of the molecule is CCCOc1ccc2c(c1)NP(=O)(Oc1ccccc1C)N2. The minimum absolute atomic E-state index is 0.598. The zero-order chi connectivity index (χ0) is 15.6. The van der Waals surface area contributed by atoms with E-state index in [9.17, 15) is 4.57 Å². The van der Waals surface area contributed by atoms with Crippen molar-refractivity contribution in [1.29, 1.82) is 0 Å². The predicted molar refractivity (Wildman–Crippen MR) is 88.9 cm³/mol. The average molecular weight is 318 g/mol. The fourth-order valence-corrected chi connectivity index (χ4v) is 3.85. The molecule has 2 N–H and O–H groups in total. The van der Waals surface area contributed by atoms with Crippen molar-refractivity contribution in [2.45, 2.75) is 20.3 Å². The Balaban J connectivity index is 1.78. The lowest BCUT2D eigenvalue weighted by molar-refractivity contribution is 0.317. The van der Waals surface area contributed by atoms with Crippen LogP contribution >= 0.6 is 7.67 Å². The summed E-state index contributed by atoms with van der Waals surface area (Å²) in [6.45, 7) is 4.63. The van der Waals surface area contributed by atoms with Gasteiger partial charge in [0, 0.05) is 6.07 Å². The van der Waals surface area contributed by atoms with Gasteiger partial charge in [-0.2, -0.15) is 0 Å². The Kier molecular flexibility index (Phi) is 3.99. The summed E-state index contributed by atoms with van der Waals surface area (Å²) >= 11 is 0. The number of nitrogens with one attached hydrogen (secondary N) is 2. The molecule has 0 saturated carbocycles. The van der Waals surface area contributed by atoms with Gasteiger partial charge in [0.15, 0.2) is 0 Å². The fourth-order valence-electron chi connectivity index (χ4n) is 2.21. The molecule has 6 heteroatoms. The van der Waals surface area contributed by atoms with E-state index < -0.39 is 7.67 Å². The van der Waals surface area contributed by atoms with Crippen molar-refractivity contribution in [2.75, 3.05) is 16.8 Å². The van der Waals surface area contributed by atoms with E-state index in [0.29, 0.717) is 12.4 Å². The molecule has 0 amide bonds. The van der Waals surface area contributed by atoms with Crippen LogP contribution in [0.2, 0.25) is 0 Å². The van der Waals surface area contributed by atoms with Crippen molar-refractivity contribution in [2.24, 2.45) is 0 Å². The zero-order valence-electron chi connectivity index (χ0n) is 12.6. The van der Waals surface area contributed by atoms with Crippen LogP contribution in [0.15, 0.2) is 42.5 Å². The summed E-state index contributed by atoms with van der Waals surface area (Å²) in [4.78, 5) is 0. The summed E-state index contributed by atoms with van der Waals surface area (Å²) in [5.74, 6) is 1.35. The van der Waals surface area contributed by atoms with E-state index in [1.165, 1.54) is 0 Å². The van der Waals surface area contributed by atoms with Gasteiger partial charge in [-0.15, -0.1) is 0 Å². The second-order valence-corrected chi connectivity index (χ2v) is 6.92. The maximum absolute atomic E-state index is 12.8. The summed E-state index contributed by atoms with van der Waals surface area (Å²) < 4.78 is 24.1. The highest BCUT2D eigenvalue weighted by Crippen LogP contribution is 2.55. The molecule has 0 aromatic heterocycles. The predicted octanol–water partition coefficient (Wildman–Crippen LogP) is 4.81. The number of ether oxygens (including phenoxy) is 1. The molecule has 0 radical (unpaired) electrons. The number of benzene rings is 2. The van der Waals surface area contributed by atoms with Crippen molar-refractivity contribution in [3.63, 3.8) is 0 Å². The van der Waals surface area contributed by atoms with Crippen LogP contribution < -0.4 is 19.4 Å². The van der Waals surface area contributed by atoms with E-state index in [1.807, 2.05) is 43.3 Å². The number of rotatable bonds is 5. The summed E-state index contributed by atoms with van der Waals surface area (Å²) in [5, 5.41) is 5.88. The molecule has 2 aromatic carbocycles. The van der Waals surface area contributed by atoms with Gasteiger partial charge in [0.2, 0.25) is 0 Å². The topological polar surface area (TPSA) is 59.6 Å². The zero-order valence-corrected chi connectivity index (χ0v) is 13.5. The Bertz CT molecular complexity index is 733. The number of aryl methyl sites for hydroxylation is 1. The Morgan fingerprint density at radius 2 is 1.86 bits per heavy atom. The van der Waals surface area contributed by atoms with Crippen LogP contribution in [-0.2, 0) is 4.57 Å². The van der Waals surface area contributed by atoms with E-state index in [2.05, 4.69) is 17.1 Å². The molecule has 0 aliphatic carbocycles. The number of hydrogen-bond acceptors (Lipinski definition) is 3. The second-order valence-electron chi connectivity index (χ2n) is 5.19. The molecule has 1 aliphatic rings. The number of fused-ring (bicyclic) bond motifs is 1. The van der Waals surface area contributed by atoms with Crippen LogP contribution in [0.1, 0.15) is 18.9 Å². The lowest BCUT2D eigenvalue weighted by Gasteiger charge is -2.15. The Labute approximate surface area is 130 Å². The van der Waals surface area contributed by atoms with Crippen LogP contribution in [0.5, 0.6) is 11.5 Å². The van der Waals surface area contributed by atoms with E-state index in [-0.39, 0.29) is 0 Å². The molecule has 3 rings (SSSR count). The molecular formula is C16H19N2O3P. The molecule has 0 fully saturated rings. The van der Waals surface area contributed by atoms with Gasteiger partial charge in [-0.1, -0.05) is 25.1 Å². The lowest BCUT2D eigenvalue weighted by atomic mass is 10.2. The first-order valence-electron chi connectivity index (χ1n) is 7.28. The van der Waals surface area contributed by atoms with Gasteiger partial charge in [-0.05, 0) is 37.1 Å². The molecule has 1 aliphatic heterocycles. The van der Waals surface area contributed by atoms with Gasteiger partial charge in [-0.25, -0.2) is 4.57 Å². The third-order valence-corrected chi connectivity index (χ3v) is 4.84. The monoisotopic (exact) mass is 318 g/mol. The first-order valence-corrected chi connectivity index (χ1v) is 8.91. The maximum Gasteiger partial charge on any atom is 0.444 e. The Morgan fingerprint density at radius 3 is 2.64 bits per heavy atom. The quantitative estimate of drug-likeness (QED) is 0.775. The van der Waals surface area contributed by atoms with Gasteiger partial charge < -0.3 is 9.26 Å². The van der Waals surface area contributed by atoms with Gasteiger partial charge in [-0.3, -0.25) is 10.2 Å². The summed E-state index contributed by atoms with van der Waals surface area (Å²) in [7, 11) is -3.20. The molecule has 0 spiro atoms. The van der Waals surface area contributed by atoms with Crippen LogP contribution in [0, 0.1) is 6.92 Å². The van der Waals surface area contributed by atoms with Crippen LogP contribution in [-0.4, -0.2) is 6.61 Å². The normalized spacial score (nSPS) is 19.0. The van der Waals surface area contributed by atoms with Crippen LogP contribution in [0.4, 0.5) is 11.4 Å². The average Bonchev–Trinajstić information content (AvgIpc) is 2.82. The molecule has 1 atom stereocenters.